The number of nitrogens with one attached hydrogen (secondary N) is 3. The van der Waals surface area contributed by atoms with E-state index in [0.717, 1.165) is 25.7 Å². The summed E-state index contributed by atoms with van der Waals surface area (Å²) in [6, 6.07) is 3.66. The molecule has 0 unspecified atom stereocenters. The number of carbonyl (C=O) groups excluding carboxylic acids is 1. The van der Waals surface area contributed by atoms with Crippen molar-refractivity contribution in [3.8, 4) is 11.4 Å². The molecule has 1 aliphatic rings. The van der Waals surface area contributed by atoms with Crippen LogP contribution in [-0.2, 0) is 0 Å². The summed E-state index contributed by atoms with van der Waals surface area (Å²) in [7, 11) is 0. The molecule has 8 nitrogen and oxygen atoms in total. The Bertz CT molecular complexity index is 981. The predicted molar refractivity (Wildman–Crippen MR) is 100 cm³/mol. The third kappa shape index (κ3) is 3.11. The molecule has 0 spiro atoms. The van der Waals surface area contributed by atoms with Gasteiger partial charge in [0.15, 0.2) is 0 Å². The molecule has 0 bridgehead atoms. The summed E-state index contributed by atoms with van der Waals surface area (Å²) in [6.45, 7) is 0. The van der Waals surface area contributed by atoms with Gasteiger partial charge < -0.3 is 26.1 Å². The van der Waals surface area contributed by atoms with Crippen molar-refractivity contribution < 1.29 is 9.90 Å². The van der Waals surface area contributed by atoms with Crippen molar-refractivity contribution in [1.82, 2.24) is 15.0 Å². The Labute approximate surface area is 152 Å². The van der Waals surface area contributed by atoms with E-state index in [1.807, 2.05) is 6.07 Å². The predicted octanol–water partition coefficient (Wildman–Crippen LogP) is 1.79. The van der Waals surface area contributed by atoms with Crippen LogP contribution in [0.4, 0.5) is 5.69 Å². The Balaban J connectivity index is 1.68. The second-order valence-corrected chi connectivity index (χ2v) is 7.56. The second kappa shape index (κ2) is 6.58. The van der Waals surface area contributed by atoms with Crippen LogP contribution in [0.5, 0.6) is 0 Å². The first-order valence-corrected chi connectivity index (χ1v) is 9.29. The molecule has 136 valence electrons. The monoisotopic (exact) mass is 373 g/mol. The fourth-order valence-corrected chi connectivity index (χ4v) is 4.17. The number of anilines is 1. The molecule has 1 saturated carbocycles. The van der Waals surface area contributed by atoms with Gasteiger partial charge in [0.25, 0.3) is 11.5 Å². The number of hydrogen-bond donors (Lipinski definition) is 5. The van der Waals surface area contributed by atoms with E-state index in [2.05, 4.69) is 20.3 Å². The zero-order chi connectivity index (χ0) is 18.3. The number of aliphatic hydroxyl groups excluding tert-OH is 1. The molecule has 26 heavy (non-hydrogen) atoms. The minimum absolute atomic E-state index is 0.205. The smallest absolute Gasteiger partial charge is 0.261 e. The lowest BCUT2D eigenvalue weighted by molar-refractivity contribution is 0.100. The second-order valence-electron chi connectivity index (χ2n) is 6.52. The third-order valence-corrected chi connectivity index (χ3v) is 5.72. The van der Waals surface area contributed by atoms with Gasteiger partial charge in [0.2, 0.25) is 0 Å². The number of primary amides is 1. The van der Waals surface area contributed by atoms with Crippen molar-refractivity contribution >= 4 is 33.3 Å². The minimum Gasteiger partial charge on any atom is -0.393 e. The molecule has 3 aromatic heterocycles. The SMILES string of the molecule is NC(=O)c1cc2[nH]c(-c3c(NC4CCC(O)CC4)cc[nH]c3=O)nc2s1. The summed E-state index contributed by atoms with van der Waals surface area (Å²) in [6.07, 6.45) is 4.57. The van der Waals surface area contributed by atoms with Crippen LogP contribution in [0.2, 0.25) is 0 Å². The topological polar surface area (TPSA) is 137 Å². The van der Waals surface area contributed by atoms with Gasteiger partial charge in [-0.2, -0.15) is 0 Å². The first kappa shape index (κ1) is 16.8. The highest BCUT2D eigenvalue weighted by atomic mass is 32.1. The van der Waals surface area contributed by atoms with Gasteiger partial charge in [-0.25, -0.2) is 4.98 Å². The van der Waals surface area contributed by atoms with Crippen LogP contribution in [0, 0.1) is 0 Å². The summed E-state index contributed by atoms with van der Waals surface area (Å²) in [5, 5.41) is 13.1. The molecule has 1 amide bonds. The largest absolute Gasteiger partial charge is 0.393 e. The molecule has 0 aromatic carbocycles. The van der Waals surface area contributed by atoms with E-state index >= 15 is 0 Å². The maximum Gasteiger partial charge on any atom is 0.261 e. The van der Waals surface area contributed by atoms with E-state index in [1.54, 1.807) is 12.3 Å². The molecular formula is C17H19N5O3S. The van der Waals surface area contributed by atoms with Crippen LogP contribution in [0.25, 0.3) is 21.7 Å². The number of carbonyl (C=O) groups is 1. The van der Waals surface area contributed by atoms with Crippen molar-refractivity contribution in [2.24, 2.45) is 5.73 Å². The molecule has 1 aliphatic carbocycles. The molecule has 0 saturated heterocycles. The van der Waals surface area contributed by atoms with Crippen LogP contribution >= 0.6 is 11.3 Å². The van der Waals surface area contributed by atoms with Gasteiger partial charge in [-0.05, 0) is 37.8 Å². The molecule has 0 atom stereocenters. The number of aliphatic hydroxyl groups is 1. The number of rotatable bonds is 4. The lowest BCUT2D eigenvalue weighted by Crippen LogP contribution is -2.29. The Morgan fingerprint density at radius 1 is 1.35 bits per heavy atom. The zero-order valence-electron chi connectivity index (χ0n) is 13.9. The van der Waals surface area contributed by atoms with E-state index in [1.165, 1.54) is 11.3 Å². The van der Waals surface area contributed by atoms with Crippen molar-refractivity contribution in [2.45, 2.75) is 37.8 Å². The standard InChI is InChI=1S/C17H19N5O3S/c18-14(24)12-7-11-17(26-12)22-15(21-11)13-10(5-6-19-16(13)25)20-8-1-3-9(23)4-2-8/h5-9,23H,1-4H2,(H2,18,24)(H,21,22)(H2,19,20,25). The average Bonchev–Trinajstić information content (AvgIpc) is 3.16. The zero-order valence-corrected chi connectivity index (χ0v) is 14.7. The van der Waals surface area contributed by atoms with Gasteiger partial charge in [0.05, 0.1) is 22.2 Å². The molecule has 0 aliphatic heterocycles. The Morgan fingerprint density at radius 2 is 2.12 bits per heavy atom. The van der Waals surface area contributed by atoms with E-state index in [4.69, 9.17) is 5.73 Å². The normalized spacial score (nSPS) is 20.3. The average molecular weight is 373 g/mol. The lowest BCUT2D eigenvalue weighted by atomic mass is 9.93. The van der Waals surface area contributed by atoms with E-state index in [0.29, 0.717) is 32.3 Å². The Hall–Kier alpha value is -2.65. The minimum atomic E-state index is -0.498. The molecule has 0 radical (unpaired) electrons. The Kier molecular flexibility index (Phi) is 4.25. The lowest BCUT2D eigenvalue weighted by Gasteiger charge is -2.27. The van der Waals surface area contributed by atoms with Crippen molar-refractivity contribution in [1.29, 1.82) is 0 Å². The maximum atomic E-state index is 12.4. The summed E-state index contributed by atoms with van der Waals surface area (Å²) in [5.74, 6) is -0.0511. The number of aromatic amines is 2. The van der Waals surface area contributed by atoms with Crippen LogP contribution in [-0.4, -0.2) is 38.1 Å². The van der Waals surface area contributed by atoms with Gasteiger partial charge >= 0.3 is 0 Å². The van der Waals surface area contributed by atoms with Crippen molar-refractivity contribution in [3.05, 3.63) is 33.6 Å². The molecule has 9 heteroatoms. The number of thiophene rings is 1. The number of pyridine rings is 1. The summed E-state index contributed by atoms with van der Waals surface area (Å²) < 4.78 is 0. The molecular weight excluding hydrogens is 354 g/mol. The van der Waals surface area contributed by atoms with E-state index in [-0.39, 0.29) is 17.7 Å². The number of nitrogens with zero attached hydrogens (tertiary/aromatic N) is 1. The highest BCUT2D eigenvalue weighted by Gasteiger charge is 2.22. The molecule has 3 aromatic rings. The van der Waals surface area contributed by atoms with E-state index < -0.39 is 5.91 Å². The fraction of sp³-hybridized carbons (Fsp3) is 0.353. The number of fused-ring (bicyclic) bond motifs is 1. The first-order chi connectivity index (χ1) is 12.5. The van der Waals surface area contributed by atoms with Crippen molar-refractivity contribution in [2.75, 3.05) is 5.32 Å². The maximum absolute atomic E-state index is 12.4. The van der Waals surface area contributed by atoms with Gasteiger partial charge in [-0.3, -0.25) is 9.59 Å². The first-order valence-electron chi connectivity index (χ1n) is 8.47. The number of aromatic nitrogens is 3. The number of amides is 1. The third-order valence-electron chi connectivity index (χ3n) is 4.68. The quantitative estimate of drug-likeness (QED) is 0.475. The molecule has 3 heterocycles. The number of hydrogen-bond acceptors (Lipinski definition) is 6. The molecule has 4 rings (SSSR count). The van der Waals surface area contributed by atoms with Gasteiger partial charge in [0, 0.05) is 12.2 Å². The van der Waals surface area contributed by atoms with Crippen molar-refractivity contribution in [3.63, 3.8) is 0 Å². The summed E-state index contributed by atoms with van der Waals surface area (Å²) in [5.41, 5.74) is 6.86. The highest BCUT2D eigenvalue weighted by molar-refractivity contribution is 7.20. The number of H-pyrrole nitrogens is 2. The highest BCUT2D eigenvalue weighted by Crippen LogP contribution is 2.30. The van der Waals surface area contributed by atoms with Gasteiger partial charge in [0.1, 0.15) is 16.2 Å². The van der Waals surface area contributed by atoms with Gasteiger partial charge in [-0.1, -0.05) is 0 Å². The summed E-state index contributed by atoms with van der Waals surface area (Å²) in [4.78, 5) is 35.0. The fourth-order valence-electron chi connectivity index (χ4n) is 3.32. The summed E-state index contributed by atoms with van der Waals surface area (Å²) >= 11 is 1.19. The van der Waals surface area contributed by atoms with Crippen LogP contribution in [0.3, 0.4) is 0 Å². The van der Waals surface area contributed by atoms with Crippen LogP contribution in [0.1, 0.15) is 35.4 Å². The van der Waals surface area contributed by atoms with Gasteiger partial charge in [-0.15, -0.1) is 11.3 Å². The molecule has 1 fully saturated rings. The molecule has 6 N–H and O–H groups in total. The van der Waals surface area contributed by atoms with Crippen LogP contribution < -0.4 is 16.6 Å². The van der Waals surface area contributed by atoms with E-state index in [9.17, 15) is 14.7 Å². The van der Waals surface area contributed by atoms with Crippen LogP contribution in [0.15, 0.2) is 23.1 Å². The number of nitrogens with two attached hydrogens (primary N) is 1. The number of imidazole rings is 1. The Morgan fingerprint density at radius 3 is 2.81 bits per heavy atom.